The van der Waals surface area contributed by atoms with Crippen molar-refractivity contribution in [3.05, 3.63) is 22.5 Å². The van der Waals surface area contributed by atoms with Gasteiger partial charge in [0, 0.05) is 38.3 Å². The number of carbonyl (C=O) groups is 3. The van der Waals surface area contributed by atoms with Crippen molar-refractivity contribution in [2.24, 2.45) is 5.92 Å². The molecule has 2 amide bonds. The molecule has 0 atom stereocenters. The molecule has 7 nitrogen and oxygen atoms in total. The summed E-state index contributed by atoms with van der Waals surface area (Å²) in [4.78, 5) is 44.9. The molecular weight excluding hydrogens is 382 g/mol. The first kappa shape index (κ1) is 22.4. The fourth-order valence-electron chi connectivity index (χ4n) is 4.56. The van der Waals surface area contributed by atoms with Gasteiger partial charge >= 0.3 is 5.97 Å². The van der Waals surface area contributed by atoms with Crippen molar-refractivity contribution in [2.45, 2.75) is 72.3 Å². The number of piperidine rings is 2. The van der Waals surface area contributed by atoms with Crippen LogP contribution in [0.4, 0.5) is 0 Å². The van der Waals surface area contributed by atoms with Crippen LogP contribution in [0.25, 0.3) is 0 Å². The Morgan fingerprint density at radius 3 is 2.23 bits per heavy atom. The highest BCUT2D eigenvalue weighted by Crippen LogP contribution is 2.26. The van der Waals surface area contributed by atoms with Gasteiger partial charge in [0.2, 0.25) is 5.91 Å². The van der Waals surface area contributed by atoms with E-state index < -0.39 is 5.97 Å². The van der Waals surface area contributed by atoms with Crippen LogP contribution < -0.4 is 0 Å². The Morgan fingerprint density at radius 1 is 1.00 bits per heavy atom. The summed E-state index contributed by atoms with van der Waals surface area (Å²) in [6.07, 6.45) is 5.50. The van der Waals surface area contributed by atoms with Crippen LogP contribution in [-0.4, -0.2) is 64.9 Å². The minimum atomic E-state index is -0.398. The molecule has 3 heterocycles. The average Bonchev–Trinajstić information content (AvgIpc) is 3.02. The molecule has 0 aliphatic carbocycles. The molecule has 2 aliphatic rings. The highest BCUT2D eigenvalue weighted by molar-refractivity contribution is 6.00. The van der Waals surface area contributed by atoms with Crippen LogP contribution >= 0.6 is 0 Å². The molecule has 7 heteroatoms. The van der Waals surface area contributed by atoms with E-state index in [1.165, 1.54) is 6.42 Å². The first-order valence-electron chi connectivity index (χ1n) is 11.2. The van der Waals surface area contributed by atoms with Gasteiger partial charge in [0.25, 0.3) is 5.91 Å². The largest absolute Gasteiger partial charge is 0.459 e. The minimum Gasteiger partial charge on any atom is -0.459 e. The molecule has 2 saturated heterocycles. The van der Waals surface area contributed by atoms with E-state index in [0.717, 1.165) is 38.8 Å². The van der Waals surface area contributed by atoms with Gasteiger partial charge in [-0.3, -0.25) is 9.59 Å². The molecule has 3 rings (SSSR count). The summed E-state index contributed by atoms with van der Waals surface area (Å²) < 4.78 is 5.32. The van der Waals surface area contributed by atoms with Crippen molar-refractivity contribution in [3.8, 4) is 0 Å². The van der Waals surface area contributed by atoms with Gasteiger partial charge in [-0.25, -0.2) is 4.79 Å². The number of aromatic nitrogens is 1. The summed E-state index contributed by atoms with van der Waals surface area (Å²) in [5.41, 5.74) is 2.22. The molecule has 2 fully saturated rings. The second-order valence-corrected chi connectivity index (χ2v) is 8.96. The van der Waals surface area contributed by atoms with E-state index in [1.807, 2.05) is 23.6 Å². The molecule has 0 unspecified atom stereocenters. The maximum absolute atomic E-state index is 13.1. The molecule has 30 heavy (non-hydrogen) atoms. The maximum atomic E-state index is 13.1. The summed E-state index contributed by atoms with van der Waals surface area (Å²) >= 11 is 0. The van der Waals surface area contributed by atoms with Gasteiger partial charge < -0.3 is 19.5 Å². The molecule has 0 radical (unpaired) electrons. The van der Waals surface area contributed by atoms with Crippen LogP contribution in [0, 0.1) is 19.8 Å². The third-order valence-corrected chi connectivity index (χ3v) is 6.27. The highest BCUT2D eigenvalue weighted by Gasteiger charge is 2.30. The van der Waals surface area contributed by atoms with Crippen LogP contribution in [0.1, 0.15) is 84.5 Å². The Labute approximate surface area is 179 Å². The molecule has 166 valence electrons. The molecule has 0 spiro atoms. The number of nitrogens with one attached hydrogen (secondary N) is 1. The smallest absolute Gasteiger partial charge is 0.340 e. The summed E-state index contributed by atoms with van der Waals surface area (Å²) in [6, 6.07) is 0. The van der Waals surface area contributed by atoms with Crippen LogP contribution in [0.5, 0.6) is 0 Å². The number of aromatic amines is 1. The number of esters is 1. The van der Waals surface area contributed by atoms with Gasteiger partial charge in [-0.05, 0) is 71.3 Å². The number of hydrogen-bond donors (Lipinski definition) is 1. The lowest BCUT2D eigenvalue weighted by Crippen LogP contribution is -2.41. The summed E-state index contributed by atoms with van der Waals surface area (Å²) in [5.74, 6) is 0.125. The zero-order valence-electron chi connectivity index (χ0n) is 18.8. The van der Waals surface area contributed by atoms with Crippen molar-refractivity contribution >= 4 is 17.8 Å². The topological polar surface area (TPSA) is 82.7 Å². The van der Waals surface area contributed by atoms with Crippen molar-refractivity contribution in [1.29, 1.82) is 0 Å². The Morgan fingerprint density at radius 2 is 1.63 bits per heavy atom. The van der Waals surface area contributed by atoms with E-state index in [1.54, 1.807) is 13.8 Å². The first-order chi connectivity index (χ1) is 14.3. The number of ether oxygens (including phenoxy) is 1. The van der Waals surface area contributed by atoms with E-state index in [-0.39, 0.29) is 17.9 Å². The maximum Gasteiger partial charge on any atom is 0.340 e. The zero-order chi connectivity index (χ0) is 21.8. The lowest BCUT2D eigenvalue weighted by molar-refractivity contribution is -0.133. The van der Waals surface area contributed by atoms with Crippen LogP contribution in [0.3, 0.4) is 0 Å². The van der Waals surface area contributed by atoms with E-state index in [2.05, 4.69) is 4.98 Å². The predicted molar refractivity (Wildman–Crippen MR) is 114 cm³/mol. The summed E-state index contributed by atoms with van der Waals surface area (Å²) in [5, 5.41) is 0. The Balaban J connectivity index is 1.57. The minimum absolute atomic E-state index is 0.0833. The van der Waals surface area contributed by atoms with Crippen molar-refractivity contribution in [1.82, 2.24) is 14.8 Å². The number of carbonyl (C=O) groups excluding carboxylic acids is 3. The van der Waals surface area contributed by atoms with Gasteiger partial charge in [0.15, 0.2) is 0 Å². The fraction of sp³-hybridized carbons (Fsp3) is 0.696. The number of likely N-dealkylation sites (tertiary alicyclic amines) is 2. The van der Waals surface area contributed by atoms with E-state index in [9.17, 15) is 14.4 Å². The van der Waals surface area contributed by atoms with Crippen molar-refractivity contribution in [3.63, 3.8) is 0 Å². The van der Waals surface area contributed by atoms with Crippen molar-refractivity contribution in [2.75, 3.05) is 26.2 Å². The molecule has 0 aromatic carbocycles. The number of rotatable bonds is 5. The van der Waals surface area contributed by atoms with Gasteiger partial charge in [-0.15, -0.1) is 0 Å². The third kappa shape index (κ3) is 5.05. The van der Waals surface area contributed by atoms with E-state index >= 15 is 0 Å². The normalized spacial score (nSPS) is 18.0. The fourth-order valence-corrected chi connectivity index (χ4v) is 4.56. The highest BCUT2D eigenvalue weighted by atomic mass is 16.5. The average molecular weight is 418 g/mol. The zero-order valence-corrected chi connectivity index (χ0v) is 18.8. The quantitative estimate of drug-likeness (QED) is 0.744. The number of H-pyrrole nitrogens is 1. The second-order valence-electron chi connectivity index (χ2n) is 8.96. The Hall–Kier alpha value is -2.31. The molecule has 1 aromatic rings. The first-order valence-corrected chi connectivity index (χ1v) is 11.2. The molecule has 2 aliphatic heterocycles. The van der Waals surface area contributed by atoms with E-state index in [4.69, 9.17) is 4.74 Å². The number of hydrogen-bond acceptors (Lipinski definition) is 4. The Bertz CT molecular complexity index is 785. The summed E-state index contributed by atoms with van der Waals surface area (Å²) in [6.45, 7) is 10.3. The summed E-state index contributed by atoms with van der Waals surface area (Å²) in [7, 11) is 0. The molecular formula is C23H35N3O4. The number of nitrogens with zero attached hydrogens (tertiary/aromatic N) is 2. The van der Waals surface area contributed by atoms with Crippen LogP contribution in [0.15, 0.2) is 0 Å². The van der Waals surface area contributed by atoms with E-state index in [0.29, 0.717) is 47.9 Å². The van der Waals surface area contributed by atoms with Gasteiger partial charge in [-0.2, -0.15) is 0 Å². The van der Waals surface area contributed by atoms with Gasteiger partial charge in [0.05, 0.1) is 11.7 Å². The number of aryl methyl sites for hydroxylation is 1. The Kier molecular flexibility index (Phi) is 7.21. The SMILES string of the molecule is Cc1[nH]c(C(=O)N2CCC(CC(=O)N3CCCCC3)CC2)c(C)c1C(=O)OC(C)C. The monoisotopic (exact) mass is 417 g/mol. The number of amides is 2. The molecule has 1 N–H and O–H groups in total. The van der Waals surface area contributed by atoms with Gasteiger partial charge in [0.1, 0.15) is 5.69 Å². The lowest BCUT2D eigenvalue weighted by Gasteiger charge is -2.33. The second kappa shape index (κ2) is 9.67. The molecule has 0 saturated carbocycles. The molecule has 0 bridgehead atoms. The van der Waals surface area contributed by atoms with Crippen LogP contribution in [-0.2, 0) is 9.53 Å². The third-order valence-electron chi connectivity index (χ3n) is 6.27. The lowest BCUT2D eigenvalue weighted by atomic mass is 9.92. The standard InChI is InChI=1S/C23H35N3O4/c1-15(2)30-23(29)20-16(3)21(24-17(20)4)22(28)26-12-8-18(9-13-26)14-19(27)25-10-6-5-7-11-25/h15,18,24H,5-14H2,1-4H3. The van der Waals surface area contributed by atoms with Gasteiger partial charge in [-0.1, -0.05) is 0 Å². The predicted octanol–water partition coefficient (Wildman–Crippen LogP) is 3.45. The van der Waals surface area contributed by atoms with Crippen LogP contribution in [0.2, 0.25) is 0 Å². The molecule has 1 aromatic heterocycles. The van der Waals surface area contributed by atoms with Crippen molar-refractivity contribution < 1.29 is 19.1 Å².